The highest BCUT2D eigenvalue weighted by Gasteiger charge is 2.49. The fourth-order valence-electron chi connectivity index (χ4n) is 3.73. The zero-order valence-electron chi connectivity index (χ0n) is 11.2. The molecule has 5 nitrogen and oxygen atoms in total. The number of amides is 4. The molecule has 104 valence electrons. The summed E-state index contributed by atoms with van der Waals surface area (Å²) in [5.74, 6) is -0.576. The van der Waals surface area contributed by atoms with E-state index in [0.29, 0.717) is 5.92 Å². The van der Waals surface area contributed by atoms with E-state index in [1.54, 1.807) is 0 Å². The van der Waals surface area contributed by atoms with Crippen molar-refractivity contribution in [2.24, 2.45) is 17.8 Å². The van der Waals surface area contributed by atoms with Crippen molar-refractivity contribution in [2.45, 2.75) is 51.5 Å². The minimum Gasteiger partial charge on any atom is -0.277 e. The Hall–Kier alpha value is -1.39. The number of barbiturate groups is 1. The van der Waals surface area contributed by atoms with Crippen LogP contribution in [-0.4, -0.2) is 28.8 Å². The van der Waals surface area contributed by atoms with Crippen molar-refractivity contribution in [2.75, 3.05) is 0 Å². The maximum Gasteiger partial charge on any atom is 0.331 e. The molecule has 1 heterocycles. The maximum absolute atomic E-state index is 12.5. The Kier molecular flexibility index (Phi) is 3.07. The minimum absolute atomic E-state index is 0.000460. The molecule has 19 heavy (non-hydrogen) atoms. The first kappa shape index (κ1) is 12.6. The highest BCUT2D eigenvalue weighted by molar-refractivity contribution is 6.16. The number of hydrogen-bond donors (Lipinski definition) is 1. The van der Waals surface area contributed by atoms with Gasteiger partial charge >= 0.3 is 6.03 Å². The predicted molar refractivity (Wildman–Crippen MR) is 68.0 cm³/mol. The van der Waals surface area contributed by atoms with Crippen molar-refractivity contribution in [3.8, 4) is 0 Å². The van der Waals surface area contributed by atoms with E-state index in [4.69, 9.17) is 0 Å². The van der Waals surface area contributed by atoms with Gasteiger partial charge in [-0.1, -0.05) is 19.8 Å². The summed E-state index contributed by atoms with van der Waals surface area (Å²) in [7, 11) is 0. The molecule has 0 spiro atoms. The highest BCUT2D eigenvalue weighted by atomic mass is 16.2. The Labute approximate surface area is 112 Å². The van der Waals surface area contributed by atoms with Crippen LogP contribution in [0.1, 0.15) is 45.4 Å². The maximum atomic E-state index is 12.5. The first-order valence-electron chi connectivity index (χ1n) is 7.26. The molecule has 1 unspecified atom stereocenters. The van der Waals surface area contributed by atoms with Gasteiger partial charge in [0.2, 0.25) is 11.8 Å². The Morgan fingerprint density at radius 2 is 1.74 bits per heavy atom. The Bertz CT molecular complexity index is 422. The lowest BCUT2D eigenvalue weighted by Gasteiger charge is -2.43. The summed E-state index contributed by atoms with van der Waals surface area (Å²) in [6.45, 7) is 2.11. The Morgan fingerprint density at radius 1 is 1.11 bits per heavy atom. The van der Waals surface area contributed by atoms with E-state index in [9.17, 15) is 14.4 Å². The predicted octanol–water partition coefficient (Wildman–Crippen LogP) is 1.67. The number of carbonyl (C=O) groups is 3. The van der Waals surface area contributed by atoms with E-state index in [1.165, 1.54) is 4.90 Å². The van der Waals surface area contributed by atoms with Crippen molar-refractivity contribution in [1.82, 2.24) is 10.2 Å². The molecule has 0 aromatic rings. The van der Waals surface area contributed by atoms with Crippen molar-refractivity contribution >= 4 is 17.8 Å². The second kappa shape index (κ2) is 4.62. The second-order valence-electron chi connectivity index (χ2n) is 6.26. The molecule has 2 saturated carbocycles. The molecule has 4 amide bonds. The lowest BCUT2D eigenvalue weighted by molar-refractivity contribution is -0.148. The van der Waals surface area contributed by atoms with Crippen molar-refractivity contribution in [3.05, 3.63) is 0 Å². The molecule has 1 atom stereocenters. The zero-order valence-corrected chi connectivity index (χ0v) is 11.2. The van der Waals surface area contributed by atoms with E-state index in [-0.39, 0.29) is 23.8 Å². The molecule has 5 heteroatoms. The van der Waals surface area contributed by atoms with Gasteiger partial charge in [-0.2, -0.15) is 0 Å². The number of imide groups is 2. The fourth-order valence-corrected chi connectivity index (χ4v) is 3.73. The Balaban J connectivity index is 1.79. The van der Waals surface area contributed by atoms with Crippen LogP contribution in [0.2, 0.25) is 0 Å². The summed E-state index contributed by atoms with van der Waals surface area (Å²) in [4.78, 5) is 37.7. The third kappa shape index (κ3) is 2.05. The SMILES string of the molecule is CC1CC(N2C(=O)NC(=O)C(C3CCCC3)C2=O)C1. The van der Waals surface area contributed by atoms with Gasteiger partial charge in [0.1, 0.15) is 5.92 Å². The van der Waals surface area contributed by atoms with Gasteiger partial charge in [0, 0.05) is 6.04 Å². The molecule has 3 aliphatic rings. The summed E-state index contributed by atoms with van der Waals surface area (Å²) in [6.07, 6.45) is 5.74. The number of hydrogen-bond acceptors (Lipinski definition) is 3. The van der Waals surface area contributed by atoms with E-state index in [0.717, 1.165) is 38.5 Å². The number of nitrogens with one attached hydrogen (secondary N) is 1. The monoisotopic (exact) mass is 264 g/mol. The van der Waals surface area contributed by atoms with E-state index in [1.807, 2.05) is 0 Å². The average molecular weight is 264 g/mol. The summed E-state index contributed by atoms with van der Waals surface area (Å²) in [5.41, 5.74) is 0. The third-order valence-electron chi connectivity index (χ3n) is 4.82. The standard InChI is InChI=1S/C14H20N2O3/c1-8-6-10(7-8)16-13(18)11(9-4-2-3-5-9)12(17)15-14(16)19/h8-11H,2-7H2,1H3,(H,15,17,19). The van der Waals surface area contributed by atoms with Crippen LogP contribution in [0.3, 0.4) is 0 Å². The fraction of sp³-hybridized carbons (Fsp3) is 0.786. The van der Waals surface area contributed by atoms with Gasteiger partial charge < -0.3 is 0 Å². The van der Waals surface area contributed by atoms with Gasteiger partial charge in [-0.25, -0.2) is 4.79 Å². The Morgan fingerprint density at radius 3 is 2.32 bits per heavy atom. The second-order valence-corrected chi connectivity index (χ2v) is 6.26. The van der Waals surface area contributed by atoms with Gasteiger partial charge in [-0.05, 0) is 37.5 Å². The van der Waals surface area contributed by atoms with Crippen LogP contribution < -0.4 is 5.32 Å². The van der Waals surface area contributed by atoms with Gasteiger partial charge in [0.05, 0.1) is 0 Å². The van der Waals surface area contributed by atoms with Gasteiger partial charge in [-0.15, -0.1) is 0 Å². The molecule has 1 N–H and O–H groups in total. The molecular formula is C14H20N2O3. The molecule has 1 aliphatic heterocycles. The van der Waals surface area contributed by atoms with Crippen LogP contribution in [-0.2, 0) is 9.59 Å². The largest absolute Gasteiger partial charge is 0.331 e. The first-order chi connectivity index (χ1) is 9.08. The molecule has 2 aliphatic carbocycles. The van der Waals surface area contributed by atoms with Crippen LogP contribution in [0.4, 0.5) is 4.79 Å². The molecule has 0 radical (unpaired) electrons. The van der Waals surface area contributed by atoms with Crippen molar-refractivity contribution in [1.29, 1.82) is 0 Å². The number of nitrogens with zero attached hydrogens (tertiary/aromatic N) is 1. The minimum atomic E-state index is -0.629. The van der Waals surface area contributed by atoms with E-state index < -0.39 is 11.9 Å². The van der Waals surface area contributed by atoms with Gasteiger partial charge in [-0.3, -0.25) is 19.8 Å². The molecule has 3 fully saturated rings. The normalized spacial score (nSPS) is 36.4. The van der Waals surface area contributed by atoms with E-state index >= 15 is 0 Å². The number of rotatable bonds is 2. The van der Waals surface area contributed by atoms with E-state index in [2.05, 4.69) is 12.2 Å². The third-order valence-corrected chi connectivity index (χ3v) is 4.82. The molecule has 3 rings (SSSR count). The van der Waals surface area contributed by atoms with Crippen LogP contribution in [0.25, 0.3) is 0 Å². The van der Waals surface area contributed by atoms with Crippen LogP contribution in [0.5, 0.6) is 0 Å². The summed E-state index contributed by atoms with van der Waals surface area (Å²) >= 11 is 0. The van der Waals surface area contributed by atoms with Crippen LogP contribution in [0, 0.1) is 17.8 Å². The highest BCUT2D eigenvalue weighted by Crippen LogP contribution is 2.37. The van der Waals surface area contributed by atoms with Crippen molar-refractivity contribution in [3.63, 3.8) is 0 Å². The van der Waals surface area contributed by atoms with Gasteiger partial charge in [0.15, 0.2) is 0 Å². The number of urea groups is 1. The lowest BCUT2D eigenvalue weighted by Crippen LogP contribution is -2.64. The number of carbonyl (C=O) groups excluding carboxylic acids is 3. The molecule has 0 aromatic carbocycles. The van der Waals surface area contributed by atoms with Crippen molar-refractivity contribution < 1.29 is 14.4 Å². The zero-order chi connectivity index (χ0) is 13.6. The molecule has 1 saturated heterocycles. The molecule has 0 bridgehead atoms. The summed E-state index contributed by atoms with van der Waals surface area (Å²) < 4.78 is 0. The first-order valence-corrected chi connectivity index (χ1v) is 7.26. The van der Waals surface area contributed by atoms with Gasteiger partial charge in [0.25, 0.3) is 0 Å². The molecule has 0 aromatic heterocycles. The topological polar surface area (TPSA) is 66.5 Å². The van der Waals surface area contributed by atoms with Crippen LogP contribution in [0.15, 0.2) is 0 Å². The molecular weight excluding hydrogens is 244 g/mol. The quantitative estimate of drug-likeness (QED) is 0.771. The summed E-state index contributed by atoms with van der Waals surface area (Å²) in [5, 5.41) is 2.38. The average Bonchev–Trinajstić information content (AvgIpc) is 2.79. The smallest absolute Gasteiger partial charge is 0.277 e. The lowest BCUT2D eigenvalue weighted by atomic mass is 9.79. The summed E-state index contributed by atoms with van der Waals surface area (Å²) in [6, 6.07) is -0.513. The van der Waals surface area contributed by atoms with Crippen LogP contribution >= 0.6 is 0 Å².